The van der Waals surface area contributed by atoms with Gasteiger partial charge in [-0.15, -0.1) is 0 Å². The van der Waals surface area contributed by atoms with Crippen molar-refractivity contribution in [3.05, 3.63) is 33.4 Å². The van der Waals surface area contributed by atoms with Gasteiger partial charge in [0.1, 0.15) is 0 Å². The highest BCUT2D eigenvalue weighted by Gasteiger charge is 2.34. The quantitative estimate of drug-likeness (QED) is 0.656. The summed E-state index contributed by atoms with van der Waals surface area (Å²) in [6, 6.07) is 7.47. The van der Waals surface area contributed by atoms with E-state index in [0.717, 1.165) is 16.4 Å². The smallest absolute Gasteiger partial charge is 0.282 e. The Balaban J connectivity index is 1.64. The molecule has 0 spiro atoms. The molecule has 126 valence electrons. The average Bonchev–Trinajstić information content (AvgIpc) is 3.10. The number of rotatable bonds is 3. The largest absolute Gasteiger partial charge is 0.336 e. The van der Waals surface area contributed by atoms with Crippen LogP contribution in [0, 0.1) is 3.57 Å². The Kier molecular flexibility index (Phi) is 5.24. The van der Waals surface area contributed by atoms with Crippen molar-refractivity contribution in [1.82, 2.24) is 13.5 Å². The first kappa shape index (κ1) is 17.1. The molecule has 0 aromatic heterocycles. The Morgan fingerprint density at radius 1 is 0.913 bits per heavy atom. The van der Waals surface area contributed by atoms with Crippen LogP contribution in [0.4, 0.5) is 0 Å². The molecular weight excluding hydrogens is 429 g/mol. The lowest BCUT2D eigenvalue weighted by molar-refractivity contribution is 0.0693. The van der Waals surface area contributed by atoms with Crippen molar-refractivity contribution in [2.75, 3.05) is 39.3 Å². The maximum Gasteiger partial charge on any atom is 0.282 e. The van der Waals surface area contributed by atoms with Crippen LogP contribution in [0.2, 0.25) is 0 Å². The highest BCUT2D eigenvalue weighted by molar-refractivity contribution is 14.1. The molecule has 3 rings (SSSR count). The number of benzene rings is 1. The van der Waals surface area contributed by atoms with E-state index in [4.69, 9.17) is 0 Å². The summed E-state index contributed by atoms with van der Waals surface area (Å²) in [6.45, 7) is 2.85. The summed E-state index contributed by atoms with van der Waals surface area (Å²) >= 11 is 2.15. The summed E-state index contributed by atoms with van der Waals surface area (Å²) in [5.41, 5.74) is 0.684. The predicted molar refractivity (Wildman–Crippen MR) is 96.4 cm³/mol. The first-order valence-corrected chi connectivity index (χ1v) is 10.3. The third-order valence-electron chi connectivity index (χ3n) is 4.35. The van der Waals surface area contributed by atoms with Crippen LogP contribution < -0.4 is 0 Å². The zero-order valence-corrected chi connectivity index (χ0v) is 15.8. The molecule has 23 heavy (non-hydrogen) atoms. The SMILES string of the molecule is O=C(c1ccccc1I)N1CCN(S(=O)(=O)N2CCCC2)CC1. The summed E-state index contributed by atoms with van der Waals surface area (Å²) in [4.78, 5) is 14.3. The highest BCUT2D eigenvalue weighted by atomic mass is 127. The fourth-order valence-electron chi connectivity index (χ4n) is 3.01. The van der Waals surface area contributed by atoms with E-state index < -0.39 is 10.2 Å². The van der Waals surface area contributed by atoms with Gasteiger partial charge in [0.05, 0.1) is 5.56 Å². The van der Waals surface area contributed by atoms with E-state index in [9.17, 15) is 13.2 Å². The van der Waals surface area contributed by atoms with Gasteiger partial charge in [-0.2, -0.15) is 17.0 Å². The molecule has 2 saturated heterocycles. The molecule has 8 heteroatoms. The maximum atomic E-state index is 12.6. The lowest BCUT2D eigenvalue weighted by Gasteiger charge is -2.35. The van der Waals surface area contributed by atoms with Gasteiger partial charge in [0, 0.05) is 42.8 Å². The summed E-state index contributed by atoms with van der Waals surface area (Å²) < 4.78 is 29.1. The molecule has 1 amide bonds. The molecule has 0 unspecified atom stereocenters. The minimum atomic E-state index is -3.36. The lowest BCUT2D eigenvalue weighted by Crippen LogP contribution is -2.53. The Labute approximate surface area is 150 Å². The standard InChI is InChI=1S/C15H20IN3O3S/c16-14-6-2-1-5-13(14)15(20)17-9-11-19(12-10-17)23(21,22)18-7-3-4-8-18/h1-2,5-6H,3-4,7-12H2. The van der Waals surface area contributed by atoms with Crippen molar-refractivity contribution in [1.29, 1.82) is 0 Å². The number of halogens is 1. The van der Waals surface area contributed by atoms with Crippen LogP contribution >= 0.6 is 22.6 Å². The average molecular weight is 449 g/mol. The normalized spacial score (nSPS) is 20.8. The fraction of sp³-hybridized carbons (Fsp3) is 0.533. The van der Waals surface area contributed by atoms with Gasteiger partial charge in [-0.05, 0) is 47.6 Å². The van der Waals surface area contributed by atoms with E-state index in [1.807, 2.05) is 24.3 Å². The third-order valence-corrected chi connectivity index (χ3v) is 7.32. The molecule has 2 aliphatic rings. The second-order valence-electron chi connectivity index (χ2n) is 5.79. The zero-order chi connectivity index (χ0) is 16.4. The van der Waals surface area contributed by atoms with Crippen LogP contribution in [-0.2, 0) is 10.2 Å². The number of carbonyl (C=O) groups is 1. The van der Waals surface area contributed by atoms with Crippen LogP contribution in [0.25, 0.3) is 0 Å². The van der Waals surface area contributed by atoms with Gasteiger partial charge in [0.15, 0.2) is 0 Å². The van der Waals surface area contributed by atoms with Crippen LogP contribution in [-0.4, -0.2) is 67.1 Å². The second-order valence-corrected chi connectivity index (χ2v) is 8.88. The molecule has 0 atom stereocenters. The van der Waals surface area contributed by atoms with E-state index in [1.165, 1.54) is 4.31 Å². The Hall–Kier alpha value is -0.710. The molecule has 0 aliphatic carbocycles. The third kappa shape index (κ3) is 3.54. The highest BCUT2D eigenvalue weighted by Crippen LogP contribution is 2.20. The van der Waals surface area contributed by atoms with Crippen molar-refractivity contribution < 1.29 is 13.2 Å². The Bertz CT molecular complexity index is 681. The summed E-state index contributed by atoms with van der Waals surface area (Å²) in [6.07, 6.45) is 1.87. The molecule has 0 saturated carbocycles. The van der Waals surface area contributed by atoms with Gasteiger partial charge in [0.2, 0.25) is 0 Å². The minimum absolute atomic E-state index is 0.0202. The number of hydrogen-bond donors (Lipinski definition) is 0. The zero-order valence-electron chi connectivity index (χ0n) is 12.8. The number of amides is 1. The molecule has 6 nitrogen and oxygen atoms in total. The molecule has 1 aromatic carbocycles. The van der Waals surface area contributed by atoms with E-state index in [2.05, 4.69) is 22.6 Å². The second kappa shape index (κ2) is 7.04. The van der Waals surface area contributed by atoms with E-state index in [-0.39, 0.29) is 5.91 Å². The van der Waals surface area contributed by atoms with Crippen LogP contribution in [0.1, 0.15) is 23.2 Å². The minimum Gasteiger partial charge on any atom is -0.336 e. The van der Waals surface area contributed by atoms with Gasteiger partial charge < -0.3 is 4.90 Å². The van der Waals surface area contributed by atoms with Gasteiger partial charge in [-0.25, -0.2) is 0 Å². The lowest BCUT2D eigenvalue weighted by atomic mass is 10.2. The van der Waals surface area contributed by atoms with Crippen LogP contribution in [0.3, 0.4) is 0 Å². The van der Waals surface area contributed by atoms with Crippen molar-refractivity contribution >= 4 is 38.7 Å². The molecule has 2 heterocycles. The van der Waals surface area contributed by atoms with Gasteiger partial charge >= 0.3 is 0 Å². The maximum absolute atomic E-state index is 12.6. The number of carbonyl (C=O) groups excluding carboxylic acids is 1. The number of hydrogen-bond acceptors (Lipinski definition) is 3. The molecular formula is C15H20IN3O3S. The fourth-order valence-corrected chi connectivity index (χ4v) is 5.30. The first-order chi connectivity index (χ1) is 11.0. The van der Waals surface area contributed by atoms with Crippen molar-refractivity contribution in [3.63, 3.8) is 0 Å². The van der Waals surface area contributed by atoms with Gasteiger partial charge in [-0.3, -0.25) is 4.79 Å². The van der Waals surface area contributed by atoms with Gasteiger partial charge in [0.25, 0.3) is 16.1 Å². The van der Waals surface area contributed by atoms with Crippen molar-refractivity contribution in [3.8, 4) is 0 Å². The topological polar surface area (TPSA) is 60.9 Å². The van der Waals surface area contributed by atoms with Gasteiger partial charge in [-0.1, -0.05) is 12.1 Å². The number of piperazine rings is 1. The van der Waals surface area contributed by atoms with E-state index in [1.54, 1.807) is 9.21 Å². The Morgan fingerprint density at radius 3 is 2.09 bits per heavy atom. The van der Waals surface area contributed by atoms with Crippen molar-refractivity contribution in [2.45, 2.75) is 12.8 Å². The molecule has 2 aliphatic heterocycles. The Morgan fingerprint density at radius 2 is 1.48 bits per heavy atom. The predicted octanol–water partition coefficient (Wildman–Crippen LogP) is 1.39. The number of nitrogens with zero attached hydrogens (tertiary/aromatic N) is 3. The summed E-state index contributed by atoms with van der Waals surface area (Å²) in [5, 5.41) is 0. The first-order valence-electron chi connectivity index (χ1n) is 7.79. The molecule has 2 fully saturated rings. The van der Waals surface area contributed by atoms with Crippen LogP contribution in [0.5, 0.6) is 0 Å². The molecule has 1 aromatic rings. The monoisotopic (exact) mass is 449 g/mol. The molecule has 0 bridgehead atoms. The molecule has 0 N–H and O–H groups in total. The van der Waals surface area contributed by atoms with E-state index >= 15 is 0 Å². The molecule has 0 radical (unpaired) electrons. The summed E-state index contributed by atoms with van der Waals surface area (Å²) in [5.74, 6) is -0.0202. The van der Waals surface area contributed by atoms with Crippen LogP contribution in [0.15, 0.2) is 24.3 Å². The van der Waals surface area contributed by atoms with Crippen molar-refractivity contribution in [2.24, 2.45) is 0 Å². The van der Waals surface area contributed by atoms with E-state index in [0.29, 0.717) is 44.8 Å². The summed E-state index contributed by atoms with van der Waals surface area (Å²) in [7, 11) is -3.36.